The number of nitrogens with one attached hydrogen (secondary N) is 1. The Bertz CT molecular complexity index is 249. The van der Waals surface area contributed by atoms with E-state index in [1.807, 2.05) is 11.7 Å². The molecular formula is C10H19N3O. The first kappa shape index (κ1) is 11.0. The SMILES string of the molecule is CCn1ncc(OC)c1CCCNC. The largest absolute Gasteiger partial charge is 0.493 e. The highest BCUT2D eigenvalue weighted by molar-refractivity contribution is 5.25. The van der Waals surface area contributed by atoms with Crippen molar-refractivity contribution in [2.45, 2.75) is 26.3 Å². The highest BCUT2D eigenvalue weighted by Gasteiger charge is 2.08. The van der Waals surface area contributed by atoms with Gasteiger partial charge in [0.05, 0.1) is 19.0 Å². The fourth-order valence-corrected chi connectivity index (χ4v) is 1.52. The van der Waals surface area contributed by atoms with E-state index >= 15 is 0 Å². The molecule has 1 aromatic rings. The van der Waals surface area contributed by atoms with E-state index in [-0.39, 0.29) is 0 Å². The van der Waals surface area contributed by atoms with Crippen molar-refractivity contribution in [3.63, 3.8) is 0 Å². The van der Waals surface area contributed by atoms with Gasteiger partial charge in [0, 0.05) is 6.54 Å². The van der Waals surface area contributed by atoms with Crippen molar-refractivity contribution in [2.75, 3.05) is 20.7 Å². The van der Waals surface area contributed by atoms with Gasteiger partial charge in [-0.2, -0.15) is 5.10 Å². The summed E-state index contributed by atoms with van der Waals surface area (Å²) in [6, 6.07) is 0. The minimum absolute atomic E-state index is 0.901. The summed E-state index contributed by atoms with van der Waals surface area (Å²) in [5.41, 5.74) is 1.20. The van der Waals surface area contributed by atoms with E-state index in [4.69, 9.17) is 4.74 Å². The van der Waals surface area contributed by atoms with Crippen LogP contribution >= 0.6 is 0 Å². The van der Waals surface area contributed by atoms with Gasteiger partial charge in [0.1, 0.15) is 0 Å². The lowest BCUT2D eigenvalue weighted by molar-refractivity contribution is 0.406. The number of aryl methyl sites for hydroxylation is 1. The normalized spacial score (nSPS) is 10.5. The standard InChI is InChI=1S/C10H19N3O/c1-4-13-9(6-5-7-11-2)10(14-3)8-12-13/h8,11H,4-7H2,1-3H3. The Morgan fingerprint density at radius 1 is 1.57 bits per heavy atom. The first-order valence-electron chi connectivity index (χ1n) is 5.06. The second kappa shape index (κ2) is 5.65. The Morgan fingerprint density at radius 3 is 2.93 bits per heavy atom. The zero-order chi connectivity index (χ0) is 10.4. The Hall–Kier alpha value is -1.03. The molecule has 0 amide bonds. The number of methoxy groups -OCH3 is 1. The minimum atomic E-state index is 0.901. The summed E-state index contributed by atoms with van der Waals surface area (Å²) in [6.45, 7) is 4.02. The van der Waals surface area contributed by atoms with Crippen molar-refractivity contribution in [2.24, 2.45) is 0 Å². The van der Waals surface area contributed by atoms with Crippen molar-refractivity contribution in [3.8, 4) is 5.75 Å². The quantitative estimate of drug-likeness (QED) is 0.693. The fraction of sp³-hybridized carbons (Fsp3) is 0.700. The summed E-state index contributed by atoms with van der Waals surface area (Å²) in [7, 11) is 3.66. The maximum absolute atomic E-state index is 5.25. The number of hydrogen-bond acceptors (Lipinski definition) is 3. The third kappa shape index (κ3) is 2.48. The molecule has 1 heterocycles. The second-order valence-electron chi connectivity index (χ2n) is 3.18. The topological polar surface area (TPSA) is 39.1 Å². The molecule has 0 aliphatic rings. The predicted molar refractivity (Wildman–Crippen MR) is 56.7 cm³/mol. The van der Waals surface area contributed by atoms with Gasteiger partial charge in [-0.05, 0) is 33.4 Å². The van der Waals surface area contributed by atoms with E-state index in [0.29, 0.717) is 0 Å². The van der Waals surface area contributed by atoms with Crippen LogP contribution in [-0.2, 0) is 13.0 Å². The van der Waals surface area contributed by atoms with E-state index < -0.39 is 0 Å². The lowest BCUT2D eigenvalue weighted by atomic mass is 10.2. The molecule has 0 saturated carbocycles. The maximum Gasteiger partial charge on any atom is 0.159 e. The lowest BCUT2D eigenvalue weighted by Crippen LogP contribution is -2.11. The van der Waals surface area contributed by atoms with Gasteiger partial charge in [0.15, 0.2) is 5.75 Å². The summed E-state index contributed by atoms with van der Waals surface area (Å²) in [5, 5.41) is 7.39. The molecule has 0 radical (unpaired) electrons. The first-order chi connectivity index (χ1) is 6.83. The Morgan fingerprint density at radius 2 is 2.36 bits per heavy atom. The van der Waals surface area contributed by atoms with Gasteiger partial charge in [0.25, 0.3) is 0 Å². The van der Waals surface area contributed by atoms with Crippen LogP contribution in [0.4, 0.5) is 0 Å². The number of nitrogens with zero attached hydrogens (tertiary/aromatic N) is 2. The minimum Gasteiger partial charge on any atom is -0.493 e. The van der Waals surface area contributed by atoms with Crippen molar-refractivity contribution < 1.29 is 4.74 Å². The van der Waals surface area contributed by atoms with Crippen molar-refractivity contribution in [1.29, 1.82) is 0 Å². The molecule has 1 aromatic heterocycles. The zero-order valence-electron chi connectivity index (χ0n) is 9.21. The van der Waals surface area contributed by atoms with E-state index in [1.165, 1.54) is 5.69 Å². The van der Waals surface area contributed by atoms with E-state index in [1.54, 1.807) is 13.3 Å². The van der Waals surface area contributed by atoms with Gasteiger partial charge < -0.3 is 10.1 Å². The molecular weight excluding hydrogens is 178 g/mol. The molecule has 0 aliphatic carbocycles. The van der Waals surface area contributed by atoms with Crippen molar-refractivity contribution in [1.82, 2.24) is 15.1 Å². The summed E-state index contributed by atoms with van der Waals surface area (Å²) >= 11 is 0. The van der Waals surface area contributed by atoms with Gasteiger partial charge in [-0.15, -0.1) is 0 Å². The molecule has 4 heteroatoms. The van der Waals surface area contributed by atoms with Crippen LogP contribution in [0.2, 0.25) is 0 Å². The van der Waals surface area contributed by atoms with Crippen LogP contribution in [0.1, 0.15) is 19.0 Å². The average molecular weight is 197 g/mol. The molecule has 4 nitrogen and oxygen atoms in total. The Labute approximate surface area is 85.3 Å². The Balaban J connectivity index is 2.65. The van der Waals surface area contributed by atoms with Crippen molar-refractivity contribution >= 4 is 0 Å². The highest BCUT2D eigenvalue weighted by Crippen LogP contribution is 2.18. The third-order valence-electron chi connectivity index (χ3n) is 2.27. The molecule has 0 spiro atoms. The maximum atomic E-state index is 5.25. The van der Waals surface area contributed by atoms with E-state index in [2.05, 4.69) is 17.3 Å². The van der Waals surface area contributed by atoms with Crippen LogP contribution in [0, 0.1) is 0 Å². The molecule has 0 fully saturated rings. The van der Waals surface area contributed by atoms with Gasteiger partial charge in [0.2, 0.25) is 0 Å². The zero-order valence-corrected chi connectivity index (χ0v) is 9.21. The Kier molecular flexibility index (Phi) is 4.46. The van der Waals surface area contributed by atoms with Crippen LogP contribution in [0.5, 0.6) is 5.75 Å². The molecule has 0 atom stereocenters. The molecule has 0 aromatic carbocycles. The molecule has 1 N–H and O–H groups in total. The number of rotatable bonds is 6. The molecule has 0 unspecified atom stereocenters. The van der Waals surface area contributed by atoms with E-state index in [9.17, 15) is 0 Å². The molecule has 1 rings (SSSR count). The van der Waals surface area contributed by atoms with Crippen LogP contribution in [0.15, 0.2) is 6.20 Å². The smallest absolute Gasteiger partial charge is 0.159 e. The predicted octanol–water partition coefficient (Wildman–Crippen LogP) is 1.06. The van der Waals surface area contributed by atoms with Gasteiger partial charge in [-0.25, -0.2) is 0 Å². The third-order valence-corrected chi connectivity index (χ3v) is 2.27. The summed E-state index contributed by atoms with van der Waals surface area (Å²) in [5.74, 6) is 0.906. The van der Waals surface area contributed by atoms with Crippen LogP contribution < -0.4 is 10.1 Å². The number of aromatic nitrogens is 2. The van der Waals surface area contributed by atoms with E-state index in [0.717, 1.165) is 31.7 Å². The number of hydrogen-bond donors (Lipinski definition) is 1. The lowest BCUT2D eigenvalue weighted by Gasteiger charge is -2.06. The van der Waals surface area contributed by atoms with Gasteiger partial charge in [-0.1, -0.05) is 0 Å². The fourth-order valence-electron chi connectivity index (χ4n) is 1.52. The summed E-state index contributed by atoms with van der Waals surface area (Å²) < 4.78 is 7.25. The average Bonchev–Trinajstić information content (AvgIpc) is 2.60. The van der Waals surface area contributed by atoms with Gasteiger partial charge >= 0.3 is 0 Å². The molecule has 0 aliphatic heterocycles. The highest BCUT2D eigenvalue weighted by atomic mass is 16.5. The molecule has 80 valence electrons. The van der Waals surface area contributed by atoms with Crippen LogP contribution in [0.25, 0.3) is 0 Å². The first-order valence-corrected chi connectivity index (χ1v) is 5.06. The molecule has 14 heavy (non-hydrogen) atoms. The molecule has 0 saturated heterocycles. The second-order valence-corrected chi connectivity index (χ2v) is 3.18. The van der Waals surface area contributed by atoms with Gasteiger partial charge in [-0.3, -0.25) is 4.68 Å². The molecule has 0 bridgehead atoms. The van der Waals surface area contributed by atoms with Crippen LogP contribution in [-0.4, -0.2) is 30.5 Å². The summed E-state index contributed by atoms with van der Waals surface area (Å²) in [6.07, 6.45) is 3.91. The monoisotopic (exact) mass is 197 g/mol. The summed E-state index contributed by atoms with van der Waals surface area (Å²) in [4.78, 5) is 0. The number of ether oxygens (including phenoxy) is 1. The van der Waals surface area contributed by atoms with Crippen LogP contribution in [0.3, 0.4) is 0 Å². The van der Waals surface area contributed by atoms with Crippen molar-refractivity contribution in [3.05, 3.63) is 11.9 Å².